The molecule has 0 aromatic carbocycles. The predicted molar refractivity (Wildman–Crippen MR) is 94.1 cm³/mol. The SMILES string of the molecule is C#CC(C)(O)CCCC(C)CC/C=C(/C)CCC=C(C)C. The molecule has 2 atom stereocenters. The molecular formula is C20H34O. The van der Waals surface area contributed by atoms with Crippen LogP contribution in [0, 0.1) is 18.3 Å². The Hall–Kier alpha value is -1.00. The minimum Gasteiger partial charge on any atom is -0.378 e. The molecule has 2 unspecified atom stereocenters. The van der Waals surface area contributed by atoms with Crippen molar-refractivity contribution in [2.45, 2.75) is 85.2 Å². The summed E-state index contributed by atoms with van der Waals surface area (Å²) in [6.45, 7) is 10.5. The Balaban J connectivity index is 3.81. The first kappa shape index (κ1) is 20.0. The van der Waals surface area contributed by atoms with Crippen LogP contribution >= 0.6 is 0 Å². The van der Waals surface area contributed by atoms with Crippen LogP contribution in [-0.2, 0) is 0 Å². The van der Waals surface area contributed by atoms with Gasteiger partial charge in [-0.05, 0) is 72.1 Å². The van der Waals surface area contributed by atoms with Crippen molar-refractivity contribution in [3.05, 3.63) is 23.3 Å². The summed E-state index contributed by atoms with van der Waals surface area (Å²) in [5.74, 6) is 3.14. The van der Waals surface area contributed by atoms with Crippen LogP contribution in [-0.4, -0.2) is 10.7 Å². The van der Waals surface area contributed by atoms with E-state index in [-0.39, 0.29) is 0 Å². The molecule has 0 aliphatic carbocycles. The van der Waals surface area contributed by atoms with E-state index < -0.39 is 5.60 Å². The minimum absolute atomic E-state index is 0.695. The highest BCUT2D eigenvalue weighted by molar-refractivity contribution is 5.04. The van der Waals surface area contributed by atoms with Gasteiger partial charge in [-0.25, -0.2) is 0 Å². The van der Waals surface area contributed by atoms with Crippen molar-refractivity contribution in [1.29, 1.82) is 0 Å². The number of aliphatic hydroxyl groups is 1. The average molecular weight is 290 g/mol. The number of terminal acetylenes is 1. The van der Waals surface area contributed by atoms with E-state index in [1.807, 2.05) is 0 Å². The molecule has 120 valence electrons. The van der Waals surface area contributed by atoms with Gasteiger partial charge in [0.25, 0.3) is 0 Å². The van der Waals surface area contributed by atoms with Crippen LogP contribution in [0.3, 0.4) is 0 Å². The van der Waals surface area contributed by atoms with Crippen molar-refractivity contribution in [2.75, 3.05) is 0 Å². The number of hydrogen-bond donors (Lipinski definition) is 1. The first-order valence-corrected chi connectivity index (χ1v) is 8.26. The van der Waals surface area contributed by atoms with Gasteiger partial charge in [0.05, 0.1) is 0 Å². The first-order chi connectivity index (χ1) is 9.76. The van der Waals surface area contributed by atoms with Gasteiger partial charge < -0.3 is 5.11 Å². The van der Waals surface area contributed by atoms with Crippen molar-refractivity contribution < 1.29 is 5.11 Å². The van der Waals surface area contributed by atoms with Crippen LogP contribution in [0.2, 0.25) is 0 Å². The molecule has 0 aliphatic heterocycles. The lowest BCUT2D eigenvalue weighted by atomic mass is 9.93. The van der Waals surface area contributed by atoms with E-state index in [0.717, 1.165) is 25.7 Å². The summed E-state index contributed by atoms with van der Waals surface area (Å²) >= 11 is 0. The van der Waals surface area contributed by atoms with Gasteiger partial charge in [0.2, 0.25) is 0 Å². The second-order valence-corrected chi connectivity index (χ2v) is 6.86. The first-order valence-electron chi connectivity index (χ1n) is 8.26. The highest BCUT2D eigenvalue weighted by Crippen LogP contribution is 2.19. The fourth-order valence-corrected chi connectivity index (χ4v) is 2.32. The summed E-state index contributed by atoms with van der Waals surface area (Å²) in [6.07, 6.45) is 17.5. The van der Waals surface area contributed by atoms with Crippen molar-refractivity contribution in [2.24, 2.45) is 5.92 Å². The smallest absolute Gasteiger partial charge is 0.122 e. The van der Waals surface area contributed by atoms with Gasteiger partial charge in [0, 0.05) is 0 Å². The van der Waals surface area contributed by atoms with Crippen LogP contribution in [0.15, 0.2) is 23.3 Å². The number of rotatable bonds is 10. The molecule has 1 heteroatoms. The van der Waals surface area contributed by atoms with E-state index >= 15 is 0 Å². The van der Waals surface area contributed by atoms with Crippen LogP contribution in [0.4, 0.5) is 0 Å². The Morgan fingerprint density at radius 1 is 1.19 bits per heavy atom. The van der Waals surface area contributed by atoms with E-state index in [1.54, 1.807) is 6.92 Å². The van der Waals surface area contributed by atoms with Crippen LogP contribution in [0.25, 0.3) is 0 Å². The van der Waals surface area contributed by atoms with E-state index in [0.29, 0.717) is 12.3 Å². The topological polar surface area (TPSA) is 20.2 Å². The summed E-state index contributed by atoms with van der Waals surface area (Å²) in [6, 6.07) is 0. The molecule has 1 nitrogen and oxygen atoms in total. The van der Waals surface area contributed by atoms with Crippen molar-refractivity contribution in [3.63, 3.8) is 0 Å². The van der Waals surface area contributed by atoms with Crippen molar-refractivity contribution in [1.82, 2.24) is 0 Å². The predicted octanol–water partition coefficient (Wildman–Crippen LogP) is 5.65. The van der Waals surface area contributed by atoms with E-state index in [2.05, 4.69) is 45.8 Å². The maximum absolute atomic E-state index is 9.76. The normalized spacial score (nSPS) is 16.0. The lowest BCUT2D eigenvalue weighted by Gasteiger charge is -2.17. The lowest BCUT2D eigenvalue weighted by molar-refractivity contribution is 0.107. The fourth-order valence-electron chi connectivity index (χ4n) is 2.32. The number of hydrogen-bond acceptors (Lipinski definition) is 1. The summed E-state index contributed by atoms with van der Waals surface area (Å²) in [5, 5.41) is 9.76. The Bertz CT molecular complexity index is 375. The standard InChI is InChI=1S/C20H34O/c1-7-20(6,21)16-10-15-19(5)14-9-13-18(4)12-8-11-17(2)3/h1,11,13,19,21H,8-10,12,14-16H2,2-6H3/b18-13-. The molecule has 0 spiro atoms. The molecule has 0 amide bonds. The fraction of sp³-hybridized carbons (Fsp3) is 0.700. The molecule has 21 heavy (non-hydrogen) atoms. The van der Waals surface area contributed by atoms with Crippen molar-refractivity contribution in [3.8, 4) is 12.3 Å². The number of allylic oxidation sites excluding steroid dienone is 4. The second kappa shape index (κ2) is 10.7. The van der Waals surface area contributed by atoms with Gasteiger partial charge in [0.1, 0.15) is 5.60 Å². The van der Waals surface area contributed by atoms with Gasteiger partial charge in [0.15, 0.2) is 0 Å². The molecule has 0 radical (unpaired) electrons. The third-order valence-electron chi connectivity index (χ3n) is 3.91. The van der Waals surface area contributed by atoms with E-state index in [4.69, 9.17) is 6.42 Å². The molecule has 0 bridgehead atoms. The molecule has 0 fully saturated rings. The summed E-state index contributed by atoms with van der Waals surface area (Å²) < 4.78 is 0. The molecule has 1 N–H and O–H groups in total. The molecular weight excluding hydrogens is 256 g/mol. The molecule has 0 aromatic rings. The third-order valence-corrected chi connectivity index (χ3v) is 3.91. The Kier molecular flexibility index (Phi) is 10.2. The maximum atomic E-state index is 9.76. The van der Waals surface area contributed by atoms with Gasteiger partial charge in [-0.15, -0.1) is 6.42 Å². The monoisotopic (exact) mass is 290 g/mol. The summed E-state index contributed by atoms with van der Waals surface area (Å²) in [5.41, 5.74) is 1.97. The quantitative estimate of drug-likeness (QED) is 0.407. The zero-order chi connectivity index (χ0) is 16.3. The second-order valence-electron chi connectivity index (χ2n) is 6.86. The van der Waals surface area contributed by atoms with Gasteiger partial charge in [-0.3, -0.25) is 0 Å². The Labute approximate surface area is 132 Å². The van der Waals surface area contributed by atoms with Gasteiger partial charge in [-0.1, -0.05) is 42.6 Å². The molecule has 0 aromatic heterocycles. The van der Waals surface area contributed by atoms with Crippen LogP contribution in [0.5, 0.6) is 0 Å². The zero-order valence-corrected chi connectivity index (χ0v) is 14.7. The van der Waals surface area contributed by atoms with Crippen LogP contribution < -0.4 is 0 Å². The highest BCUT2D eigenvalue weighted by Gasteiger charge is 2.15. The molecule has 0 saturated heterocycles. The molecule has 0 saturated carbocycles. The van der Waals surface area contributed by atoms with Crippen LogP contribution in [0.1, 0.15) is 79.6 Å². The van der Waals surface area contributed by atoms with Crippen molar-refractivity contribution >= 4 is 0 Å². The Morgan fingerprint density at radius 2 is 1.86 bits per heavy atom. The maximum Gasteiger partial charge on any atom is 0.122 e. The van der Waals surface area contributed by atoms with Gasteiger partial charge in [-0.2, -0.15) is 0 Å². The Morgan fingerprint density at radius 3 is 2.43 bits per heavy atom. The highest BCUT2D eigenvalue weighted by atomic mass is 16.3. The van der Waals surface area contributed by atoms with Gasteiger partial charge >= 0.3 is 0 Å². The third kappa shape index (κ3) is 12.5. The summed E-state index contributed by atoms with van der Waals surface area (Å²) in [7, 11) is 0. The average Bonchev–Trinajstić information content (AvgIpc) is 2.38. The zero-order valence-electron chi connectivity index (χ0n) is 14.7. The molecule has 0 heterocycles. The molecule has 0 aliphatic rings. The molecule has 0 rings (SSSR count). The lowest BCUT2D eigenvalue weighted by Crippen LogP contribution is -2.20. The largest absolute Gasteiger partial charge is 0.378 e. The minimum atomic E-state index is -0.929. The van der Waals surface area contributed by atoms with E-state index in [1.165, 1.54) is 24.0 Å². The van der Waals surface area contributed by atoms with E-state index in [9.17, 15) is 5.11 Å². The summed E-state index contributed by atoms with van der Waals surface area (Å²) in [4.78, 5) is 0.